The Morgan fingerprint density at radius 2 is 1.97 bits per heavy atom. The Bertz CT molecular complexity index is 1120. The van der Waals surface area contributed by atoms with Crippen LogP contribution >= 0.6 is 0 Å². The normalized spacial score (nSPS) is 18.3. The second kappa shape index (κ2) is 9.10. The van der Waals surface area contributed by atoms with Gasteiger partial charge in [-0.1, -0.05) is 18.2 Å². The number of aromatic nitrogens is 2. The molecule has 1 aliphatic heterocycles. The highest BCUT2D eigenvalue weighted by molar-refractivity contribution is 6.02. The van der Waals surface area contributed by atoms with Crippen LogP contribution in [0.25, 0.3) is 4.85 Å². The molecule has 2 fully saturated rings. The molecule has 8 nitrogen and oxygen atoms in total. The number of hydrogen-bond donors (Lipinski definition) is 2. The van der Waals surface area contributed by atoms with E-state index in [0.717, 1.165) is 25.0 Å². The first-order valence-corrected chi connectivity index (χ1v) is 11.0. The average Bonchev–Trinajstić information content (AvgIpc) is 3.55. The van der Waals surface area contributed by atoms with E-state index in [4.69, 9.17) is 12.3 Å². The first kappa shape index (κ1) is 23.8. The molecule has 2 aliphatic rings. The molecule has 34 heavy (non-hydrogen) atoms. The number of piperidine rings is 1. The lowest BCUT2D eigenvalue weighted by Crippen LogP contribution is -2.48. The number of halogens is 3. The summed E-state index contributed by atoms with van der Waals surface area (Å²) in [6, 6.07) is 5.27. The lowest BCUT2D eigenvalue weighted by atomic mass is 9.87. The number of nitrogens with zero attached hydrogens (tertiary/aromatic N) is 4. The van der Waals surface area contributed by atoms with Crippen molar-refractivity contribution in [2.45, 2.75) is 43.9 Å². The second-order valence-electron chi connectivity index (χ2n) is 8.98. The Morgan fingerprint density at radius 3 is 2.56 bits per heavy atom. The number of primary amides is 1. The van der Waals surface area contributed by atoms with E-state index < -0.39 is 23.2 Å². The molecule has 3 N–H and O–H groups in total. The van der Waals surface area contributed by atoms with Gasteiger partial charge in [-0.2, -0.15) is 18.3 Å². The fourth-order valence-electron chi connectivity index (χ4n) is 4.29. The molecule has 1 aliphatic carbocycles. The van der Waals surface area contributed by atoms with Crippen molar-refractivity contribution in [3.63, 3.8) is 0 Å². The molecule has 1 saturated carbocycles. The Hall–Kier alpha value is -3.39. The molecule has 1 aromatic heterocycles. The van der Waals surface area contributed by atoms with E-state index in [1.165, 1.54) is 12.3 Å². The highest BCUT2D eigenvalue weighted by Crippen LogP contribution is 2.35. The summed E-state index contributed by atoms with van der Waals surface area (Å²) in [5.74, 6) is -0.914. The van der Waals surface area contributed by atoms with Gasteiger partial charge in [0, 0.05) is 31.7 Å². The minimum atomic E-state index is -4.40. The first-order chi connectivity index (χ1) is 16.1. The maximum absolute atomic E-state index is 13.0. The Balaban J connectivity index is 1.50. The number of likely N-dealkylation sites (tertiary alicyclic amines) is 1. The standard InChI is InChI=1S/C23H25F3N6O2/c1-28-14-22(32-13-18(19(27)33)20(30-32)29-21(34)16-5-6-16)7-9-31(10-8-22)12-15-3-2-4-17(11-15)23(24,25)26/h2-4,11,13,16H,5-10,12,14H2,(H2,27,33)(H,29,30,34). The zero-order valence-electron chi connectivity index (χ0n) is 18.4. The van der Waals surface area contributed by atoms with Crippen LogP contribution in [0.2, 0.25) is 0 Å². The number of rotatable bonds is 7. The molecule has 2 heterocycles. The quantitative estimate of drug-likeness (QED) is 0.602. The number of nitrogens with one attached hydrogen (secondary N) is 1. The third kappa shape index (κ3) is 5.07. The maximum Gasteiger partial charge on any atom is 0.416 e. The molecule has 11 heteroatoms. The summed E-state index contributed by atoms with van der Waals surface area (Å²) in [6.45, 7) is 8.97. The third-order valence-corrected chi connectivity index (χ3v) is 6.48. The van der Waals surface area contributed by atoms with Gasteiger partial charge in [-0.05, 0) is 37.3 Å². The summed E-state index contributed by atoms with van der Waals surface area (Å²) in [7, 11) is 0. The van der Waals surface area contributed by atoms with Crippen molar-refractivity contribution in [1.29, 1.82) is 0 Å². The van der Waals surface area contributed by atoms with E-state index in [2.05, 4.69) is 15.3 Å². The summed E-state index contributed by atoms with van der Waals surface area (Å²) < 4.78 is 40.6. The van der Waals surface area contributed by atoms with Crippen molar-refractivity contribution >= 4 is 17.6 Å². The number of benzene rings is 1. The topological polar surface area (TPSA) is 97.6 Å². The molecule has 0 bridgehead atoms. The van der Waals surface area contributed by atoms with Crippen molar-refractivity contribution in [2.75, 3.05) is 25.0 Å². The lowest BCUT2D eigenvalue weighted by molar-refractivity contribution is -0.137. The first-order valence-electron chi connectivity index (χ1n) is 11.0. The molecule has 0 radical (unpaired) electrons. The molecule has 1 aromatic carbocycles. The fraction of sp³-hybridized carbons (Fsp3) is 0.478. The number of hydrogen-bond acceptors (Lipinski definition) is 4. The minimum Gasteiger partial charge on any atom is -0.365 e. The van der Waals surface area contributed by atoms with Crippen LogP contribution in [0.1, 0.15) is 47.2 Å². The van der Waals surface area contributed by atoms with E-state index in [1.807, 2.05) is 4.90 Å². The zero-order chi connectivity index (χ0) is 24.5. The molecular weight excluding hydrogens is 449 g/mol. The fourth-order valence-corrected chi connectivity index (χ4v) is 4.29. The van der Waals surface area contributed by atoms with Crippen molar-refractivity contribution in [2.24, 2.45) is 11.7 Å². The molecule has 2 aromatic rings. The van der Waals surface area contributed by atoms with Gasteiger partial charge in [-0.3, -0.25) is 19.2 Å². The van der Waals surface area contributed by atoms with Gasteiger partial charge in [0.05, 0.1) is 5.56 Å². The van der Waals surface area contributed by atoms with Crippen molar-refractivity contribution in [1.82, 2.24) is 14.7 Å². The van der Waals surface area contributed by atoms with Crippen LogP contribution in [0.5, 0.6) is 0 Å². The maximum atomic E-state index is 13.0. The van der Waals surface area contributed by atoms with Crippen LogP contribution in [0.3, 0.4) is 0 Å². The summed E-state index contributed by atoms with van der Waals surface area (Å²) in [5.41, 5.74) is 4.76. The van der Waals surface area contributed by atoms with Crippen molar-refractivity contribution in [3.8, 4) is 0 Å². The highest BCUT2D eigenvalue weighted by atomic mass is 19.4. The SMILES string of the molecule is [C-]#[N+]CC1(n2cc(C(N)=O)c(NC(=O)C3CC3)n2)CCN(Cc2cccc(C(F)(F)F)c2)CC1. The number of anilines is 1. The van der Waals surface area contributed by atoms with Crippen LogP contribution in [0, 0.1) is 12.5 Å². The molecule has 4 rings (SSSR count). The lowest BCUT2D eigenvalue weighted by Gasteiger charge is -2.38. The van der Waals surface area contributed by atoms with E-state index >= 15 is 0 Å². The summed E-state index contributed by atoms with van der Waals surface area (Å²) in [5, 5.41) is 7.12. The molecule has 0 unspecified atom stereocenters. The van der Waals surface area contributed by atoms with E-state index in [0.29, 0.717) is 38.0 Å². The average molecular weight is 474 g/mol. The predicted octanol–water partition coefficient (Wildman–Crippen LogP) is 3.26. The molecular formula is C23H25F3N6O2. The van der Waals surface area contributed by atoms with Crippen molar-refractivity contribution < 1.29 is 22.8 Å². The van der Waals surface area contributed by atoms with Crippen LogP contribution in [-0.4, -0.2) is 46.1 Å². The number of nitrogens with two attached hydrogens (primary N) is 1. The predicted molar refractivity (Wildman–Crippen MR) is 117 cm³/mol. The Labute approximate surface area is 194 Å². The zero-order valence-corrected chi connectivity index (χ0v) is 18.4. The largest absolute Gasteiger partial charge is 0.416 e. The van der Waals surface area contributed by atoms with Crippen LogP contribution in [0.15, 0.2) is 30.5 Å². The second-order valence-corrected chi connectivity index (χ2v) is 8.98. The monoisotopic (exact) mass is 474 g/mol. The molecule has 1 saturated heterocycles. The van der Waals surface area contributed by atoms with Gasteiger partial charge in [-0.15, -0.1) is 0 Å². The van der Waals surface area contributed by atoms with Gasteiger partial charge in [0.1, 0.15) is 11.1 Å². The van der Waals surface area contributed by atoms with Gasteiger partial charge >= 0.3 is 6.18 Å². The van der Waals surface area contributed by atoms with Crippen LogP contribution < -0.4 is 11.1 Å². The van der Waals surface area contributed by atoms with Crippen LogP contribution in [-0.2, 0) is 23.1 Å². The number of alkyl halides is 3. The number of carbonyl (C=O) groups excluding carboxylic acids is 2. The minimum absolute atomic E-state index is 0.0813. The number of carbonyl (C=O) groups is 2. The third-order valence-electron chi connectivity index (χ3n) is 6.48. The van der Waals surface area contributed by atoms with Gasteiger partial charge in [0.2, 0.25) is 12.5 Å². The summed E-state index contributed by atoms with van der Waals surface area (Å²) >= 11 is 0. The Kier molecular flexibility index (Phi) is 6.36. The van der Waals surface area contributed by atoms with Crippen LogP contribution in [0.4, 0.5) is 19.0 Å². The van der Waals surface area contributed by atoms with Gasteiger partial charge in [-0.25, -0.2) is 6.57 Å². The summed E-state index contributed by atoms with van der Waals surface area (Å²) in [4.78, 5) is 29.8. The summed E-state index contributed by atoms with van der Waals surface area (Å²) in [6.07, 6.45) is -0.315. The van der Waals surface area contributed by atoms with Gasteiger partial charge in [0.25, 0.3) is 5.91 Å². The molecule has 0 spiro atoms. The molecule has 180 valence electrons. The van der Waals surface area contributed by atoms with E-state index in [1.54, 1.807) is 10.7 Å². The Morgan fingerprint density at radius 1 is 1.26 bits per heavy atom. The molecule has 0 atom stereocenters. The van der Waals surface area contributed by atoms with E-state index in [-0.39, 0.29) is 29.8 Å². The van der Waals surface area contributed by atoms with Gasteiger partial charge < -0.3 is 15.9 Å². The highest BCUT2D eigenvalue weighted by Gasteiger charge is 2.42. The number of amides is 2. The van der Waals surface area contributed by atoms with Gasteiger partial charge in [0.15, 0.2) is 5.82 Å². The van der Waals surface area contributed by atoms with Crippen molar-refractivity contribution in [3.05, 3.63) is 58.6 Å². The molecule has 2 amide bonds. The smallest absolute Gasteiger partial charge is 0.365 e. The van der Waals surface area contributed by atoms with E-state index in [9.17, 15) is 22.8 Å².